The Labute approximate surface area is 118 Å². The summed E-state index contributed by atoms with van der Waals surface area (Å²) in [4.78, 5) is 12.0. The molecule has 0 atom stereocenters. The fourth-order valence-electron chi connectivity index (χ4n) is 1.54. The van der Waals surface area contributed by atoms with Crippen molar-refractivity contribution < 1.29 is 9.90 Å². The van der Waals surface area contributed by atoms with E-state index in [0.717, 1.165) is 22.4 Å². The number of carboxylic acids is 1. The lowest BCUT2D eigenvalue weighted by Crippen LogP contribution is -2.11. The lowest BCUT2D eigenvalue weighted by Gasteiger charge is -2.03. The first kappa shape index (κ1) is 13.3. The van der Waals surface area contributed by atoms with Gasteiger partial charge in [0.1, 0.15) is 0 Å². The van der Waals surface area contributed by atoms with Gasteiger partial charge in [-0.25, -0.2) is 4.79 Å². The van der Waals surface area contributed by atoms with Gasteiger partial charge in [0, 0.05) is 18.0 Å². The molecule has 5 heteroatoms. The molecule has 2 rings (SSSR count). The van der Waals surface area contributed by atoms with Crippen LogP contribution in [0.1, 0.15) is 20.8 Å². The Morgan fingerprint density at radius 3 is 2.44 bits per heavy atom. The molecule has 0 aliphatic rings. The predicted molar refractivity (Wildman–Crippen MR) is 76.0 cm³/mol. The van der Waals surface area contributed by atoms with E-state index in [9.17, 15) is 4.79 Å². The second-order valence-corrected chi connectivity index (χ2v) is 6.36. The molecule has 1 heterocycles. The summed E-state index contributed by atoms with van der Waals surface area (Å²) in [7, 11) is 0. The van der Waals surface area contributed by atoms with Gasteiger partial charge in [0.15, 0.2) is 0 Å². The van der Waals surface area contributed by atoms with Crippen molar-refractivity contribution in [2.45, 2.75) is 13.1 Å². The van der Waals surface area contributed by atoms with E-state index >= 15 is 0 Å². The quantitative estimate of drug-likeness (QED) is 0.884. The SMILES string of the molecule is O=C(O)c1ccc(CNCc2ccc(Br)s2)cc1. The minimum Gasteiger partial charge on any atom is -0.478 e. The van der Waals surface area contributed by atoms with Crippen LogP contribution < -0.4 is 5.32 Å². The van der Waals surface area contributed by atoms with Gasteiger partial charge in [-0.2, -0.15) is 0 Å². The highest BCUT2D eigenvalue weighted by Crippen LogP contribution is 2.21. The van der Waals surface area contributed by atoms with Crippen molar-refractivity contribution in [2.75, 3.05) is 0 Å². The van der Waals surface area contributed by atoms with E-state index in [1.165, 1.54) is 4.88 Å². The van der Waals surface area contributed by atoms with Gasteiger partial charge in [-0.05, 0) is 45.8 Å². The third-order valence-electron chi connectivity index (χ3n) is 2.46. The largest absolute Gasteiger partial charge is 0.478 e. The number of halogens is 1. The number of thiophene rings is 1. The zero-order valence-corrected chi connectivity index (χ0v) is 11.9. The van der Waals surface area contributed by atoms with Gasteiger partial charge in [-0.15, -0.1) is 11.3 Å². The summed E-state index contributed by atoms with van der Waals surface area (Å²) in [5, 5.41) is 12.1. The molecule has 18 heavy (non-hydrogen) atoms. The average molecular weight is 326 g/mol. The van der Waals surface area contributed by atoms with Crippen LogP contribution in [-0.2, 0) is 13.1 Å². The lowest BCUT2D eigenvalue weighted by atomic mass is 10.1. The Morgan fingerprint density at radius 2 is 1.89 bits per heavy atom. The van der Waals surface area contributed by atoms with Gasteiger partial charge >= 0.3 is 5.97 Å². The summed E-state index contributed by atoms with van der Waals surface area (Å²) in [6, 6.07) is 11.0. The van der Waals surface area contributed by atoms with Gasteiger partial charge in [0.05, 0.1) is 9.35 Å². The second-order valence-electron chi connectivity index (χ2n) is 3.81. The van der Waals surface area contributed by atoms with E-state index in [1.807, 2.05) is 18.2 Å². The summed E-state index contributed by atoms with van der Waals surface area (Å²) >= 11 is 5.13. The third-order valence-corrected chi connectivity index (χ3v) is 4.08. The minimum absolute atomic E-state index is 0.320. The fourth-order valence-corrected chi connectivity index (χ4v) is 2.99. The Morgan fingerprint density at radius 1 is 1.17 bits per heavy atom. The molecule has 2 N–H and O–H groups in total. The maximum atomic E-state index is 10.7. The number of aromatic carboxylic acids is 1. The highest BCUT2D eigenvalue weighted by Gasteiger charge is 2.02. The van der Waals surface area contributed by atoms with E-state index in [1.54, 1.807) is 23.5 Å². The van der Waals surface area contributed by atoms with Gasteiger partial charge in [0.25, 0.3) is 0 Å². The summed E-state index contributed by atoms with van der Waals surface area (Å²) in [6.45, 7) is 1.55. The van der Waals surface area contributed by atoms with Crippen molar-refractivity contribution in [1.82, 2.24) is 5.32 Å². The smallest absolute Gasteiger partial charge is 0.335 e. The van der Waals surface area contributed by atoms with Gasteiger partial charge in [-0.3, -0.25) is 0 Å². The van der Waals surface area contributed by atoms with Crippen LogP contribution in [0.4, 0.5) is 0 Å². The van der Waals surface area contributed by atoms with Crippen molar-refractivity contribution in [1.29, 1.82) is 0 Å². The van der Waals surface area contributed by atoms with E-state index in [2.05, 4.69) is 27.3 Å². The van der Waals surface area contributed by atoms with Crippen LogP contribution in [0.25, 0.3) is 0 Å². The van der Waals surface area contributed by atoms with E-state index < -0.39 is 5.97 Å². The Kier molecular flexibility index (Phi) is 4.52. The van der Waals surface area contributed by atoms with Crippen molar-refractivity contribution in [3.8, 4) is 0 Å². The highest BCUT2D eigenvalue weighted by molar-refractivity contribution is 9.11. The molecule has 2 aromatic rings. The summed E-state index contributed by atoms with van der Waals surface area (Å²) in [6.07, 6.45) is 0. The average Bonchev–Trinajstić information content (AvgIpc) is 2.76. The molecule has 0 saturated heterocycles. The lowest BCUT2D eigenvalue weighted by molar-refractivity contribution is 0.0697. The molecule has 0 amide bonds. The number of benzene rings is 1. The van der Waals surface area contributed by atoms with Crippen molar-refractivity contribution in [3.05, 3.63) is 56.2 Å². The van der Waals surface area contributed by atoms with Crippen molar-refractivity contribution in [3.63, 3.8) is 0 Å². The minimum atomic E-state index is -0.891. The number of rotatable bonds is 5. The number of hydrogen-bond acceptors (Lipinski definition) is 3. The molecule has 0 aliphatic carbocycles. The Bertz CT molecular complexity index is 536. The van der Waals surface area contributed by atoms with Crippen LogP contribution >= 0.6 is 27.3 Å². The summed E-state index contributed by atoms with van der Waals surface area (Å²) in [5.74, 6) is -0.891. The molecular weight excluding hydrogens is 314 g/mol. The molecule has 0 fully saturated rings. The standard InChI is InChI=1S/C13H12BrNO2S/c14-12-6-5-11(18-12)8-15-7-9-1-3-10(4-2-9)13(16)17/h1-6,15H,7-8H2,(H,16,17). The number of hydrogen-bond donors (Lipinski definition) is 2. The van der Waals surface area contributed by atoms with Crippen LogP contribution in [0.3, 0.4) is 0 Å². The molecule has 0 radical (unpaired) electrons. The normalized spacial score (nSPS) is 10.5. The molecule has 0 aliphatic heterocycles. The summed E-state index contributed by atoms with van der Waals surface area (Å²) in [5.41, 5.74) is 1.40. The Hall–Kier alpha value is -1.17. The number of carbonyl (C=O) groups is 1. The van der Waals surface area contributed by atoms with Crippen LogP contribution in [0.5, 0.6) is 0 Å². The summed E-state index contributed by atoms with van der Waals surface area (Å²) < 4.78 is 1.13. The van der Waals surface area contributed by atoms with Crippen LogP contribution in [0, 0.1) is 0 Å². The molecule has 1 aromatic heterocycles. The van der Waals surface area contributed by atoms with Crippen molar-refractivity contribution >= 4 is 33.2 Å². The van der Waals surface area contributed by atoms with Crippen molar-refractivity contribution in [2.24, 2.45) is 0 Å². The Balaban J connectivity index is 1.85. The zero-order chi connectivity index (χ0) is 13.0. The first-order valence-corrected chi connectivity index (χ1v) is 7.03. The maximum Gasteiger partial charge on any atom is 0.335 e. The molecule has 3 nitrogen and oxygen atoms in total. The molecular formula is C13H12BrNO2S. The molecule has 94 valence electrons. The molecule has 0 saturated carbocycles. The first-order valence-electron chi connectivity index (χ1n) is 5.42. The predicted octanol–water partition coefficient (Wildman–Crippen LogP) is 3.50. The molecule has 1 aromatic carbocycles. The topological polar surface area (TPSA) is 49.3 Å². The second kappa shape index (κ2) is 6.13. The molecule has 0 spiro atoms. The molecule has 0 bridgehead atoms. The van der Waals surface area contributed by atoms with Gasteiger partial charge < -0.3 is 10.4 Å². The monoisotopic (exact) mass is 325 g/mol. The highest BCUT2D eigenvalue weighted by atomic mass is 79.9. The van der Waals surface area contributed by atoms with Crippen LogP contribution in [-0.4, -0.2) is 11.1 Å². The number of carboxylic acid groups (broad SMARTS) is 1. The first-order chi connectivity index (χ1) is 8.65. The maximum absolute atomic E-state index is 10.7. The van der Waals surface area contributed by atoms with E-state index in [0.29, 0.717) is 5.56 Å². The fraction of sp³-hybridized carbons (Fsp3) is 0.154. The van der Waals surface area contributed by atoms with E-state index in [4.69, 9.17) is 5.11 Å². The molecule has 0 unspecified atom stereocenters. The van der Waals surface area contributed by atoms with Crippen LogP contribution in [0.2, 0.25) is 0 Å². The van der Waals surface area contributed by atoms with Crippen LogP contribution in [0.15, 0.2) is 40.2 Å². The zero-order valence-electron chi connectivity index (χ0n) is 9.52. The number of nitrogens with one attached hydrogen (secondary N) is 1. The van der Waals surface area contributed by atoms with Gasteiger partial charge in [0.2, 0.25) is 0 Å². The third kappa shape index (κ3) is 3.66. The van der Waals surface area contributed by atoms with E-state index in [-0.39, 0.29) is 0 Å². The van der Waals surface area contributed by atoms with Gasteiger partial charge in [-0.1, -0.05) is 12.1 Å².